The van der Waals surface area contributed by atoms with Crippen LogP contribution in [0.15, 0.2) is 0 Å². The van der Waals surface area contributed by atoms with Crippen molar-refractivity contribution in [3.05, 3.63) is 0 Å². The van der Waals surface area contributed by atoms with E-state index in [1.807, 2.05) is 0 Å². The Labute approximate surface area is 137 Å². The number of halogens is 2. The molecule has 4 rings (SSSR count). The van der Waals surface area contributed by atoms with Gasteiger partial charge in [-0.05, 0) is 61.7 Å². The van der Waals surface area contributed by atoms with Crippen molar-refractivity contribution in [2.24, 2.45) is 34.5 Å². The number of hydrogen-bond donors (Lipinski definition) is 1. The van der Waals surface area contributed by atoms with Crippen molar-refractivity contribution >= 4 is 5.78 Å². The second-order valence-corrected chi connectivity index (χ2v) is 9.11. The first kappa shape index (κ1) is 16.0. The Morgan fingerprint density at radius 3 is 2.61 bits per heavy atom. The lowest BCUT2D eigenvalue weighted by molar-refractivity contribution is -0.241. The molecule has 4 saturated carbocycles. The summed E-state index contributed by atoms with van der Waals surface area (Å²) in [5, 5.41) is 10.8. The van der Waals surface area contributed by atoms with Crippen LogP contribution in [0.5, 0.6) is 0 Å². The monoisotopic (exact) mass is 326 g/mol. The molecule has 4 aliphatic rings. The molecule has 0 heterocycles. The maximum absolute atomic E-state index is 15.1. The van der Waals surface area contributed by atoms with Gasteiger partial charge < -0.3 is 5.11 Å². The maximum atomic E-state index is 15.1. The van der Waals surface area contributed by atoms with Gasteiger partial charge in [0.1, 0.15) is 5.78 Å². The van der Waals surface area contributed by atoms with Gasteiger partial charge in [-0.3, -0.25) is 4.79 Å². The third-order valence-electron chi connectivity index (χ3n) is 8.44. The topological polar surface area (TPSA) is 37.3 Å². The van der Waals surface area contributed by atoms with E-state index >= 15 is 8.78 Å². The fraction of sp³-hybridized carbons (Fsp3) is 0.947. The molecule has 1 N–H and O–H groups in total. The van der Waals surface area contributed by atoms with Crippen molar-refractivity contribution in [1.29, 1.82) is 0 Å². The predicted molar refractivity (Wildman–Crippen MR) is 83.1 cm³/mol. The van der Waals surface area contributed by atoms with E-state index in [9.17, 15) is 9.90 Å². The van der Waals surface area contributed by atoms with E-state index in [0.29, 0.717) is 12.3 Å². The summed E-state index contributed by atoms with van der Waals surface area (Å²) in [6, 6.07) is 0. The summed E-state index contributed by atoms with van der Waals surface area (Å²) in [4.78, 5) is 12.3. The van der Waals surface area contributed by atoms with Gasteiger partial charge in [-0.1, -0.05) is 19.8 Å². The molecule has 130 valence electrons. The van der Waals surface area contributed by atoms with Crippen LogP contribution in [-0.4, -0.2) is 22.9 Å². The Morgan fingerprint density at radius 2 is 1.87 bits per heavy atom. The predicted octanol–water partition coefficient (Wildman–Crippen LogP) is 4.20. The number of fused-ring (bicyclic) bond motifs is 5. The molecule has 0 aromatic heterocycles. The number of ketones is 1. The van der Waals surface area contributed by atoms with Gasteiger partial charge in [0.25, 0.3) is 5.92 Å². The highest BCUT2D eigenvalue weighted by Gasteiger charge is 2.71. The first-order chi connectivity index (χ1) is 10.7. The van der Waals surface area contributed by atoms with Gasteiger partial charge in [-0.2, -0.15) is 0 Å². The van der Waals surface area contributed by atoms with Crippen molar-refractivity contribution in [3.8, 4) is 0 Å². The molecule has 0 aromatic rings. The van der Waals surface area contributed by atoms with Gasteiger partial charge >= 0.3 is 0 Å². The molecule has 23 heavy (non-hydrogen) atoms. The number of Topliss-reactive ketones (excluding diaryl/α,β-unsaturated/α-hetero) is 1. The Hall–Kier alpha value is -0.510. The van der Waals surface area contributed by atoms with E-state index in [2.05, 4.69) is 6.92 Å². The average molecular weight is 326 g/mol. The normalized spacial score (nSPS) is 55.0. The largest absolute Gasteiger partial charge is 0.393 e. The van der Waals surface area contributed by atoms with Crippen LogP contribution in [0, 0.1) is 34.5 Å². The lowest BCUT2D eigenvalue weighted by atomic mass is 9.44. The molecule has 0 aliphatic heterocycles. The van der Waals surface area contributed by atoms with E-state index in [-0.39, 0.29) is 41.8 Å². The summed E-state index contributed by atoms with van der Waals surface area (Å²) < 4.78 is 30.2. The Balaban J connectivity index is 1.79. The third kappa shape index (κ3) is 1.85. The molecule has 2 nitrogen and oxygen atoms in total. The zero-order valence-electron chi connectivity index (χ0n) is 14.2. The maximum Gasteiger partial charge on any atom is 0.260 e. The fourth-order valence-corrected chi connectivity index (χ4v) is 6.96. The highest BCUT2D eigenvalue weighted by molar-refractivity contribution is 5.88. The summed E-state index contributed by atoms with van der Waals surface area (Å²) in [7, 11) is 0. The average Bonchev–Trinajstić information content (AvgIpc) is 2.78. The number of carbonyl (C=O) groups is 1. The van der Waals surface area contributed by atoms with Crippen molar-refractivity contribution in [1.82, 2.24) is 0 Å². The second kappa shape index (κ2) is 4.77. The van der Waals surface area contributed by atoms with Gasteiger partial charge in [-0.25, -0.2) is 8.78 Å². The lowest BCUT2D eigenvalue weighted by Crippen LogP contribution is -2.63. The van der Waals surface area contributed by atoms with Gasteiger partial charge in [0.2, 0.25) is 0 Å². The van der Waals surface area contributed by atoms with Crippen molar-refractivity contribution < 1.29 is 18.7 Å². The van der Waals surface area contributed by atoms with E-state index in [1.54, 1.807) is 0 Å². The van der Waals surface area contributed by atoms with E-state index in [0.717, 1.165) is 32.1 Å². The zero-order chi connectivity index (χ0) is 16.6. The van der Waals surface area contributed by atoms with Crippen LogP contribution in [0.2, 0.25) is 0 Å². The van der Waals surface area contributed by atoms with Crippen molar-refractivity contribution in [2.45, 2.75) is 77.2 Å². The highest BCUT2D eigenvalue weighted by Crippen LogP contribution is 2.69. The molecule has 0 spiro atoms. The molecule has 4 aliphatic carbocycles. The minimum Gasteiger partial charge on any atom is -0.393 e. The standard InChI is InChI=1S/C19H28F2O2/c1-17-8-4-3-5-11(17)9-14(22)16-12-6-7-15(23)18(12,2)19(20,21)10-13(16)17/h11-14,16,22H,3-10H2,1-2H3/t11-,12+,13+,14+,16+,17+,18+/m1/s1. The van der Waals surface area contributed by atoms with Crippen LogP contribution in [-0.2, 0) is 4.79 Å². The first-order valence-corrected chi connectivity index (χ1v) is 9.31. The molecule has 7 atom stereocenters. The zero-order valence-corrected chi connectivity index (χ0v) is 14.2. The molecular weight excluding hydrogens is 298 g/mol. The van der Waals surface area contributed by atoms with Gasteiger partial charge in [-0.15, -0.1) is 0 Å². The van der Waals surface area contributed by atoms with Crippen LogP contribution in [0.4, 0.5) is 8.78 Å². The smallest absolute Gasteiger partial charge is 0.260 e. The number of rotatable bonds is 0. The SMILES string of the molecule is C[C@]12CCCC[C@@H]1C[C@H](O)[C@@H]1[C@@H]2CC(F)(F)[C@]2(C)C(=O)CC[C@@H]12. The Kier molecular flexibility index (Phi) is 3.32. The molecule has 0 bridgehead atoms. The van der Waals surface area contributed by atoms with Crippen molar-refractivity contribution in [2.75, 3.05) is 0 Å². The molecular formula is C19H28F2O2. The van der Waals surface area contributed by atoms with Crippen molar-refractivity contribution in [3.63, 3.8) is 0 Å². The van der Waals surface area contributed by atoms with Crippen LogP contribution in [0.1, 0.15) is 65.2 Å². The first-order valence-electron chi connectivity index (χ1n) is 9.31. The van der Waals surface area contributed by atoms with E-state index in [4.69, 9.17) is 0 Å². The third-order valence-corrected chi connectivity index (χ3v) is 8.44. The Bertz CT molecular complexity index is 533. The minimum atomic E-state index is -2.94. The molecule has 0 radical (unpaired) electrons. The summed E-state index contributed by atoms with van der Waals surface area (Å²) in [6.45, 7) is 3.67. The van der Waals surface area contributed by atoms with Crippen LogP contribution >= 0.6 is 0 Å². The lowest BCUT2D eigenvalue weighted by Gasteiger charge is -2.62. The number of hydrogen-bond acceptors (Lipinski definition) is 2. The highest BCUT2D eigenvalue weighted by atomic mass is 19.3. The van der Waals surface area contributed by atoms with E-state index < -0.39 is 17.4 Å². The van der Waals surface area contributed by atoms with Crippen LogP contribution in [0.25, 0.3) is 0 Å². The molecule has 0 aromatic carbocycles. The number of aliphatic hydroxyl groups is 1. The molecule has 0 saturated heterocycles. The Morgan fingerprint density at radius 1 is 1.13 bits per heavy atom. The fourth-order valence-electron chi connectivity index (χ4n) is 6.96. The van der Waals surface area contributed by atoms with Gasteiger partial charge in [0.05, 0.1) is 11.5 Å². The molecule has 4 heteroatoms. The summed E-state index contributed by atoms with van der Waals surface area (Å²) in [5.74, 6) is -3.47. The van der Waals surface area contributed by atoms with Crippen LogP contribution in [0.3, 0.4) is 0 Å². The molecule has 4 fully saturated rings. The summed E-state index contributed by atoms with van der Waals surface area (Å²) in [6.07, 6.45) is 5.13. The number of aliphatic hydroxyl groups excluding tert-OH is 1. The molecule has 0 unspecified atom stereocenters. The quantitative estimate of drug-likeness (QED) is 0.724. The second-order valence-electron chi connectivity index (χ2n) is 9.11. The minimum absolute atomic E-state index is 0.0848. The van der Waals surface area contributed by atoms with Gasteiger partial charge in [0, 0.05) is 12.8 Å². The summed E-state index contributed by atoms with van der Waals surface area (Å²) in [5.41, 5.74) is -1.63. The molecule has 0 amide bonds. The number of alkyl halides is 2. The van der Waals surface area contributed by atoms with Crippen LogP contribution < -0.4 is 0 Å². The van der Waals surface area contributed by atoms with E-state index in [1.165, 1.54) is 6.92 Å². The van der Waals surface area contributed by atoms with Gasteiger partial charge in [0.15, 0.2) is 0 Å². The summed E-state index contributed by atoms with van der Waals surface area (Å²) >= 11 is 0. The number of carbonyl (C=O) groups excluding carboxylic acids is 1.